The van der Waals surface area contributed by atoms with E-state index in [4.69, 9.17) is 10.2 Å². The molecule has 1 aromatic heterocycles. The molecule has 2 aromatic rings. The lowest BCUT2D eigenvalue weighted by atomic mass is 10.0. The molecule has 0 unspecified atom stereocenters. The Morgan fingerprint density at radius 2 is 1.82 bits per heavy atom. The van der Waals surface area contributed by atoms with Crippen LogP contribution in [-0.4, -0.2) is 5.78 Å². The highest BCUT2D eigenvalue weighted by molar-refractivity contribution is 6.12. The second kappa shape index (κ2) is 4.09. The molecule has 0 atom stereocenters. The molecule has 0 saturated heterocycles. The van der Waals surface area contributed by atoms with Crippen LogP contribution in [0.4, 0.5) is 5.69 Å². The monoisotopic (exact) mass is 229 g/mol. The highest BCUT2D eigenvalue weighted by atomic mass is 16.3. The van der Waals surface area contributed by atoms with Gasteiger partial charge in [-0.2, -0.15) is 0 Å². The Hall–Kier alpha value is -2.03. The van der Waals surface area contributed by atoms with Gasteiger partial charge >= 0.3 is 0 Å². The fraction of sp³-hybridized carbons (Fsp3) is 0.214. The fourth-order valence-electron chi connectivity index (χ4n) is 1.87. The Bertz CT molecular complexity index is 582. The van der Waals surface area contributed by atoms with Crippen molar-refractivity contribution < 1.29 is 9.21 Å². The summed E-state index contributed by atoms with van der Waals surface area (Å²) in [6, 6.07) is 7.20. The van der Waals surface area contributed by atoms with E-state index >= 15 is 0 Å². The number of hydrogen-bond acceptors (Lipinski definition) is 3. The van der Waals surface area contributed by atoms with E-state index in [-0.39, 0.29) is 5.78 Å². The van der Waals surface area contributed by atoms with Crippen molar-refractivity contribution in [2.24, 2.45) is 0 Å². The van der Waals surface area contributed by atoms with Crippen molar-refractivity contribution in [1.29, 1.82) is 0 Å². The van der Waals surface area contributed by atoms with Crippen LogP contribution in [0.5, 0.6) is 0 Å². The first-order valence-corrected chi connectivity index (χ1v) is 5.47. The SMILES string of the molecule is Cc1ccc(N)c(C(=O)c2cc(C)oc2C)c1. The number of aryl methyl sites for hydroxylation is 3. The van der Waals surface area contributed by atoms with Crippen LogP contribution in [0.2, 0.25) is 0 Å². The second-order valence-corrected chi connectivity index (χ2v) is 4.25. The van der Waals surface area contributed by atoms with E-state index in [1.54, 1.807) is 25.1 Å². The molecule has 0 aliphatic rings. The number of hydrogen-bond donors (Lipinski definition) is 1. The molecule has 0 spiro atoms. The van der Waals surface area contributed by atoms with E-state index in [9.17, 15) is 4.79 Å². The molecule has 2 rings (SSSR count). The van der Waals surface area contributed by atoms with Gasteiger partial charge in [-0.05, 0) is 39.0 Å². The van der Waals surface area contributed by atoms with E-state index in [1.807, 2.05) is 19.9 Å². The molecular weight excluding hydrogens is 214 g/mol. The number of rotatable bonds is 2. The van der Waals surface area contributed by atoms with Crippen LogP contribution in [0, 0.1) is 20.8 Å². The lowest BCUT2D eigenvalue weighted by Crippen LogP contribution is -2.06. The normalized spacial score (nSPS) is 10.5. The molecule has 1 heterocycles. The Labute approximate surface area is 100 Å². The molecular formula is C14H15NO2. The van der Waals surface area contributed by atoms with E-state index in [0.29, 0.717) is 22.6 Å². The highest BCUT2D eigenvalue weighted by Gasteiger charge is 2.17. The highest BCUT2D eigenvalue weighted by Crippen LogP contribution is 2.22. The molecule has 0 saturated carbocycles. The number of nitrogen functional groups attached to an aromatic ring is 1. The van der Waals surface area contributed by atoms with Crippen LogP contribution in [0.3, 0.4) is 0 Å². The number of nitrogens with two attached hydrogens (primary N) is 1. The Kier molecular flexibility index (Phi) is 2.76. The Balaban J connectivity index is 2.50. The zero-order valence-corrected chi connectivity index (χ0v) is 10.2. The first-order chi connectivity index (χ1) is 7.99. The van der Waals surface area contributed by atoms with E-state index in [0.717, 1.165) is 11.3 Å². The Morgan fingerprint density at radius 3 is 2.41 bits per heavy atom. The van der Waals surface area contributed by atoms with Gasteiger partial charge in [0.25, 0.3) is 0 Å². The summed E-state index contributed by atoms with van der Waals surface area (Å²) in [5.41, 5.74) is 8.47. The van der Waals surface area contributed by atoms with Crippen molar-refractivity contribution in [3.8, 4) is 0 Å². The third-order valence-electron chi connectivity index (χ3n) is 2.74. The van der Waals surface area contributed by atoms with Crippen molar-refractivity contribution in [3.05, 3.63) is 52.5 Å². The lowest BCUT2D eigenvalue weighted by molar-refractivity contribution is 0.103. The van der Waals surface area contributed by atoms with Gasteiger partial charge in [0.1, 0.15) is 11.5 Å². The smallest absolute Gasteiger partial charge is 0.198 e. The number of anilines is 1. The van der Waals surface area contributed by atoms with Gasteiger partial charge in [0.05, 0.1) is 5.56 Å². The minimum atomic E-state index is -0.0828. The van der Waals surface area contributed by atoms with Gasteiger partial charge in [-0.3, -0.25) is 4.79 Å². The van der Waals surface area contributed by atoms with Gasteiger partial charge in [0.15, 0.2) is 5.78 Å². The van der Waals surface area contributed by atoms with Crippen LogP contribution in [0.1, 0.15) is 33.0 Å². The van der Waals surface area contributed by atoms with E-state index in [1.165, 1.54) is 0 Å². The summed E-state index contributed by atoms with van der Waals surface area (Å²) in [5.74, 6) is 1.28. The molecule has 1 aromatic carbocycles. The van der Waals surface area contributed by atoms with Crippen LogP contribution in [0.25, 0.3) is 0 Å². The molecule has 0 aliphatic heterocycles. The molecule has 0 amide bonds. The summed E-state index contributed by atoms with van der Waals surface area (Å²) in [6.45, 7) is 5.54. The lowest BCUT2D eigenvalue weighted by Gasteiger charge is -2.05. The van der Waals surface area contributed by atoms with Gasteiger partial charge in [0, 0.05) is 11.3 Å². The molecule has 3 nitrogen and oxygen atoms in total. The zero-order chi connectivity index (χ0) is 12.6. The summed E-state index contributed by atoms with van der Waals surface area (Å²) >= 11 is 0. The van der Waals surface area contributed by atoms with Crippen LogP contribution < -0.4 is 5.73 Å². The number of benzene rings is 1. The summed E-state index contributed by atoms with van der Waals surface area (Å²) in [4.78, 5) is 12.3. The molecule has 0 bridgehead atoms. The van der Waals surface area contributed by atoms with Crippen LogP contribution in [-0.2, 0) is 0 Å². The van der Waals surface area contributed by atoms with Crippen molar-refractivity contribution >= 4 is 11.5 Å². The average Bonchev–Trinajstić information content (AvgIpc) is 2.60. The summed E-state index contributed by atoms with van der Waals surface area (Å²) < 4.78 is 5.37. The third kappa shape index (κ3) is 2.09. The molecule has 0 fully saturated rings. The quantitative estimate of drug-likeness (QED) is 0.636. The van der Waals surface area contributed by atoms with Gasteiger partial charge in [-0.1, -0.05) is 11.6 Å². The predicted octanol–water partition coefficient (Wildman–Crippen LogP) is 3.02. The zero-order valence-electron chi connectivity index (χ0n) is 10.2. The third-order valence-corrected chi connectivity index (χ3v) is 2.74. The molecule has 3 heteroatoms. The molecule has 2 N–H and O–H groups in total. The van der Waals surface area contributed by atoms with Gasteiger partial charge in [-0.15, -0.1) is 0 Å². The summed E-state index contributed by atoms with van der Waals surface area (Å²) in [7, 11) is 0. The maximum Gasteiger partial charge on any atom is 0.198 e. The minimum absolute atomic E-state index is 0.0828. The summed E-state index contributed by atoms with van der Waals surface area (Å²) in [5, 5.41) is 0. The minimum Gasteiger partial charge on any atom is -0.466 e. The van der Waals surface area contributed by atoms with Crippen molar-refractivity contribution in [1.82, 2.24) is 0 Å². The average molecular weight is 229 g/mol. The van der Waals surface area contributed by atoms with Crippen molar-refractivity contribution in [3.63, 3.8) is 0 Å². The maximum absolute atomic E-state index is 12.3. The Morgan fingerprint density at radius 1 is 1.12 bits per heavy atom. The first kappa shape index (κ1) is 11.5. The van der Waals surface area contributed by atoms with Crippen LogP contribution in [0.15, 0.2) is 28.7 Å². The van der Waals surface area contributed by atoms with E-state index < -0.39 is 0 Å². The van der Waals surface area contributed by atoms with Gasteiger partial charge in [0.2, 0.25) is 0 Å². The molecule has 0 radical (unpaired) electrons. The number of carbonyl (C=O) groups is 1. The van der Waals surface area contributed by atoms with E-state index in [2.05, 4.69) is 0 Å². The number of furan rings is 1. The van der Waals surface area contributed by atoms with Crippen molar-refractivity contribution in [2.45, 2.75) is 20.8 Å². The fourth-order valence-corrected chi connectivity index (χ4v) is 1.87. The second-order valence-electron chi connectivity index (χ2n) is 4.25. The molecule has 88 valence electrons. The van der Waals surface area contributed by atoms with Gasteiger partial charge < -0.3 is 10.2 Å². The topological polar surface area (TPSA) is 56.2 Å². The first-order valence-electron chi connectivity index (χ1n) is 5.47. The predicted molar refractivity (Wildman–Crippen MR) is 67.2 cm³/mol. The molecule has 0 aliphatic carbocycles. The largest absolute Gasteiger partial charge is 0.466 e. The molecule has 17 heavy (non-hydrogen) atoms. The number of ketones is 1. The van der Waals surface area contributed by atoms with Gasteiger partial charge in [-0.25, -0.2) is 0 Å². The van der Waals surface area contributed by atoms with Crippen molar-refractivity contribution in [2.75, 3.05) is 5.73 Å². The standard InChI is InChI=1S/C14H15NO2/c1-8-4-5-13(15)12(6-8)14(16)11-7-9(2)17-10(11)3/h4-7H,15H2,1-3H3. The van der Waals surface area contributed by atoms with Crippen LogP contribution >= 0.6 is 0 Å². The summed E-state index contributed by atoms with van der Waals surface area (Å²) in [6.07, 6.45) is 0. The number of carbonyl (C=O) groups excluding carboxylic acids is 1. The maximum atomic E-state index is 12.3.